The van der Waals surface area contributed by atoms with Gasteiger partial charge in [0.05, 0.1) is 54.4 Å². The molecule has 2 aliphatic carbocycles. The summed E-state index contributed by atoms with van der Waals surface area (Å²) >= 11 is 6.43. The third kappa shape index (κ3) is 5.60. The Morgan fingerprint density at radius 3 is 2.20 bits per heavy atom. The van der Waals surface area contributed by atoms with E-state index in [2.05, 4.69) is 11.0 Å². The maximum absolute atomic E-state index is 15.4. The summed E-state index contributed by atoms with van der Waals surface area (Å²) in [5.41, 5.74) is 2.89. The summed E-state index contributed by atoms with van der Waals surface area (Å²) in [5, 5.41) is 9.76. The largest absolute Gasteiger partial charge is 0.491 e. The van der Waals surface area contributed by atoms with Gasteiger partial charge in [-0.25, -0.2) is 4.90 Å². The lowest BCUT2D eigenvalue weighted by atomic mass is 9.49. The Labute approximate surface area is 323 Å². The molecule has 55 heavy (non-hydrogen) atoms. The van der Waals surface area contributed by atoms with E-state index in [0.717, 1.165) is 29.9 Å². The number of morpholine rings is 1. The van der Waals surface area contributed by atoms with E-state index in [-0.39, 0.29) is 43.3 Å². The van der Waals surface area contributed by atoms with Crippen molar-refractivity contribution < 1.29 is 33.8 Å². The zero-order chi connectivity index (χ0) is 37.8. The molecule has 11 heteroatoms. The number of imide groups is 2. The summed E-state index contributed by atoms with van der Waals surface area (Å²) in [6.07, 6.45) is 2.59. The second kappa shape index (κ2) is 14.1. The van der Waals surface area contributed by atoms with Crippen LogP contribution in [0.2, 0.25) is 5.02 Å². The molecule has 1 saturated carbocycles. The molecule has 10 nitrogen and oxygen atoms in total. The summed E-state index contributed by atoms with van der Waals surface area (Å²) in [6, 6.07) is 31.2. The molecule has 3 aliphatic heterocycles. The van der Waals surface area contributed by atoms with Crippen LogP contribution in [0, 0.1) is 23.7 Å². The summed E-state index contributed by atoms with van der Waals surface area (Å²) in [6.45, 7) is 2.80. The number of nitrogens with zero attached hydrogens (tertiary/aromatic N) is 3. The molecule has 280 valence electrons. The second-order valence-electron chi connectivity index (χ2n) is 14.9. The minimum absolute atomic E-state index is 0.124. The monoisotopic (exact) mass is 757 g/mol. The molecule has 1 N–H and O–H groups in total. The van der Waals surface area contributed by atoms with Crippen LogP contribution in [-0.4, -0.2) is 68.3 Å². The third-order valence-corrected chi connectivity index (χ3v) is 12.5. The number of ether oxygens (including phenoxy) is 2. The van der Waals surface area contributed by atoms with Gasteiger partial charge in [0.25, 0.3) is 0 Å². The number of amides is 4. The molecule has 0 radical (unpaired) electrons. The molecule has 0 aromatic heterocycles. The summed E-state index contributed by atoms with van der Waals surface area (Å²) in [7, 11) is 0. The Morgan fingerprint density at radius 1 is 0.764 bits per heavy atom. The highest BCUT2D eigenvalue weighted by molar-refractivity contribution is 6.32. The van der Waals surface area contributed by atoms with Gasteiger partial charge in [-0.2, -0.15) is 0 Å². The van der Waals surface area contributed by atoms with Crippen LogP contribution in [0.1, 0.15) is 29.9 Å². The molecule has 0 bridgehead atoms. The van der Waals surface area contributed by atoms with Gasteiger partial charge in [-0.1, -0.05) is 71.8 Å². The summed E-state index contributed by atoms with van der Waals surface area (Å²) < 4.78 is 11.2. The fourth-order valence-corrected chi connectivity index (χ4v) is 10.1. The van der Waals surface area contributed by atoms with E-state index in [1.165, 1.54) is 9.80 Å². The van der Waals surface area contributed by atoms with Crippen LogP contribution >= 0.6 is 11.6 Å². The predicted molar refractivity (Wildman–Crippen MR) is 207 cm³/mol. The molecule has 6 unspecified atom stereocenters. The van der Waals surface area contributed by atoms with Crippen molar-refractivity contribution >= 4 is 52.3 Å². The summed E-state index contributed by atoms with van der Waals surface area (Å²) in [4.78, 5) is 64.2. The maximum Gasteiger partial charge on any atom is 0.246 e. The van der Waals surface area contributed by atoms with Crippen molar-refractivity contribution in [3.05, 3.63) is 131 Å². The first-order chi connectivity index (χ1) is 26.8. The van der Waals surface area contributed by atoms with Gasteiger partial charge >= 0.3 is 0 Å². The zero-order valence-electron chi connectivity index (χ0n) is 30.1. The molecule has 9 rings (SSSR count). The Morgan fingerprint density at radius 2 is 1.49 bits per heavy atom. The van der Waals surface area contributed by atoms with Crippen molar-refractivity contribution in [2.75, 3.05) is 54.2 Å². The average Bonchev–Trinajstić information content (AvgIpc) is 3.61. The number of hydrogen-bond acceptors (Lipinski definition) is 8. The number of carbonyl (C=O) groups excluding carboxylic acids is 4. The fraction of sp³-hybridized carbons (Fsp3) is 0.318. The normalized spacial score (nSPS) is 27.5. The van der Waals surface area contributed by atoms with E-state index in [0.29, 0.717) is 47.3 Å². The molecule has 4 amide bonds. The first kappa shape index (κ1) is 35.4. The molecular weight excluding hydrogens is 718 g/mol. The number of rotatable bonds is 8. The van der Waals surface area contributed by atoms with Crippen LogP contribution < -0.4 is 19.4 Å². The van der Waals surface area contributed by atoms with Crippen LogP contribution in [-0.2, 0) is 29.3 Å². The quantitative estimate of drug-likeness (QED) is 0.174. The molecule has 4 aromatic carbocycles. The number of aliphatic hydroxyl groups is 1. The second-order valence-corrected chi connectivity index (χ2v) is 15.3. The highest BCUT2D eigenvalue weighted by atomic mass is 35.5. The first-order valence-corrected chi connectivity index (χ1v) is 19.2. The van der Waals surface area contributed by atoms with E-state index < -0.39 is 35.0 Å². The van der Waals surface area contributed by atoms with Gasteiger partial charge < -0.3 is 19.5 Å². The minimum Gasteiger partial charge on any atom is -0.491 e. The Balaban J connectivity index is 1.16. The Bertz CT molecular complexity index is 2190. The molecule has 3 saturated heterocycles. The van der Waals surface area contributed by atoms with Crippen molar-refractivity contribution in [3.63, 3.8) is 0 Å². The minimum atomic E-state index is -1.37. The van der Waals surface area contributed by atoms with E-state index in [4.69, 9.17) is 21.1 Å². The van der Waals surface area contributed by atoms with E-state index in [1.807, 2.05) is 66.7 Å². The SMILES string of the molecule is O=C1C2CC=C3C(CC4C(=O)N(c5cccc(Cl)c5)C(=O)C4(c4ccccc4)C3c3ccc(OCCO)cc3)C2C(=O)N1c1ccc(N2CCOCC2)cc1. The Hall–Kier alpha value is -5.29. The molecule has 0 spiro atoms. The highest BCUT2D eigenvalue weighted by Crippen LogP contribution is 2.64. The van der Waals surface area contributed by atoms with Crippen molar-refractivity contribution in [1.82, 2.24) is 0 Å². The van der Waals surface area contributed by atoms with Crippen LogP contribution in [0.5, 0.6) is 5.75 Å². The molecular formula is C44H40ClN3O7. The number of hydrogen-bond donors (Lipinski definition) is 1. The van der Waals surface area contributed by atoms with Crippen molar-refractivity contribution in [2.24, 2.45) is 23.7 Å². The number of fused-ring (bicyclic) bond motifs is 4. The lowest BCUT2D eigenvalue weighted by Gasteiger charge is -2.50. The maximum atomic E-state index is 15.4. The van der Waals surface area contributed by atoms with Crippen LogP contribution in [0.25, 0.3) is 0 Å². The highest BCUT2D eigenvalue weighted by Gasteiger charge is 2.70. The van der Waals surface area contributed by atoms with Crippen molar-refractivity contribution in [1.29, 1.82) is 0 Å². The number of carbonyl (C=O) groups is 4. The van der Waals surface area contributed by atoms with Crippen LogP contribution in [0.3, 0.4) is 0 Å². The van der Waals surface area contributed by atoms with Crippen LogP contribution in [0.4, 0.5) is 17.1 Å². The van der Waals surface area contributed by atoms with Crippen molar-refractivity contribution in [3.8, 4) is 5.75 Å². The number of benzene rings is 4. The molecule has 3 heterocycles. The standard InChI is InChI=1S/C44H40ClN3O7/c45-29-7-4-8-32(25-29)48-41(51)37-26-36-34(39(27-9-15-33(16-10-27)55-24-21-49)44(37,43(48)53)28-5-2-1-3-6-28)17-18-35-38(36)42(52)47(40(35)50)31-13-11-30(12-14-31)46-19-22-54-23-20-46/h1-17,25,35-39,49H,18-24,26H2. The van der Waals surface area contributed by atoms with Gasteiger partial charge in [-0.15, -0.1) is 0 Å². The third-order valence-electron chi connectivity index (χ3n) is 12.2. The number of allylic oxidation sites excluding steroid dienone is 2. The van der Waals surface area contributed by atoms with E-state index >= 15 is 4.79 Å². The zero-order valence-corrected chi connectivity index (χ0v) is 30.8. The van der Waals surface area contributed by atoms with E-state index in [1.54, 1.807) is 36.4 Å². The van der Waals surface area contributed by atoms with Gasteiger partial charge in [0.1, 0.15) is 12.4 Å². The number of halogens is 1. The van der Waals surface area contributed by atoms with Gasteiger partial charge in [0.15, 0.2) is 0 Å². The molecule has 5 aliphatic rings. The Kier molecular flexibility index (Phi) is 9.07. The molecule has 4 fully saturated rings. The fourth-order valence-electron chi connectivity index (χ4n) is 9.93. The van der Waals surface area contributed by atoms with Crippen LogP contribution in [0.15, 0.2) is 115 Å². The lowest BCUT2D eigenvalue weighted by molar-refractivity contribution is -0.127. The first-order valence-electron chi connectivity index (χ1n) is 18.9. The lowest BCUT2D eigenvalue weighted by Crippen LogP contribution is -2.53. The molecule has 4 aromatic rings. The number of anilines is 3. The van der Waals surface area contributed by atoms with Gasteiger partial charge in [0.2, 0.25) is 23.6 Å². The topological polar surface area (TPSA) is 117 Å². The average molecular weight is 758 g/mol. The van der Waals surface area contributed by atoms with E-state index in [9.17, 15) is 19.5 Å². The summed E-state index contributed by atoms with van der Waals surface area (Å²) in [5.74, 6) is -4.02. The smallest absolute Gasteiger partial charge is 0.246 e. The van der Waals surface area contributed by atoms with Gasteiger partial charge in [-0.05, 0) is 84.5 Å². The number of aliphatic hydroxyl groups excluding tert-OH is 1. The van der Waals surface area contributed by atoms with Crippen molar-refractivity contribution in [2.45, 2.75) is 24.2 Å². The van der Waals surface area contributed by atoms with Gasteiger partial charge in [0, 0.05) is 29.7 Å². The molecule has 6 atom stereocenters. The van der Waals surface area contributed by atoms with Gasteiger partial charge in [-0.3, -0.25) is 24.1 Å². The predicted octanol–water partition coefficient (Wildman–Crippen LogP) is 5.91.